The molecule has 1 aromatic rings. The third-order valence-corrected chi connectivity index (χ3v) is 4.22. The lowest BCUT2D eigenvalue weighted by Gasteiger charge is -2.24. The quantitative estimate of drug-likeness (QED) is 0.820. The molecule has 2 nitrogen and oxygen atoms in total. The maximum Gasteiger partial charge on any atom is 0.143 e. The fourth-order valence-electron chi connectivity index (χ4n) is 1.99. The number of halogens is 2. The molecular formula is C12H14Br2N2. The molecule has 2 fully saturated rings. The minimum atomic E-state index is 0.741. The van der Waals surface area contributed by atoms with Gasteiger partial charge in [-0.25, -0.2) is 4.98 Å². The lowest BCUT2D eigenvalue weighted by Crippen LogP contribution is -2.29. The van der Waals surface area contributed by atoms with E-state index in [0.717, 1.165) is 26.7 Å². The third-order valence-electron chi connectivity index (χ3n) is 3.20. The number of anilines is 1. The van der Waals surface area contributed by atoms with Crippen molar-refractivity contribution in [2.24, 2.45) is 5.92 Å². The minimum Gasteiger partial charge on any atom is -0.352 e. The topological polar surface area (TPSA) is 16.1 Å². The Balaban J connectivity index is 1.85. The maximum absolute atomic E-state index is 4.55. The van der Waals surface area contributed by atoms with Crippen molar-refractivity contribution in [2.75, 3.05) is 11.4 Å². The molecular weight excluding hydrogens is 332 g/mol. The summed E-state index contributed by atoms with van der Waals surface area (Å²) < 4.78 is 2.14. The molecule has 0 N–H and O–H groups in total. The Bertz CT molecular complexity index is 400. The number of hydrogen-bond donors (Lipinski definition) is 0. The molecule has 0 radical (unpaired) electrons. The Hall–Kier alpha value is -0.0900. The number of nitrogens with zero attached hydrogens (tertiary/aromatic N) is 2. The van der Waals surface area contributed by atoms with E-state index in [1.807, 2.05) is 6.20 Å². The highest BCUT2D eigenvalue weighted by Gasteiger charge is 2.35. The Morgan fingerprint density at radius 1 is 1.25 bits per heavy atom. The van der Waals surface area contributed by atoms with Gasteiger partial charge < -0.3 is 4.90 Å². The lowest BCUT2D eigenvalue weighted by molar-refractivity contribution is 0.707. The van der Waals surface area contributed by atoms with Crippen LogP contribution in [0.5, 0.6) is 0 Å². The highest BCUT2D eigenvalue weighted by molar-refractivity contribution is 9.11. The molecule has 0 atom stereocenters. The van der Waals surface area contributed by atoms with E-state index in [-0.39, 0.29) is 0 Å². The van der Waals surface area contributed by atoms with Crippen molar-refractivity contribution < 1.29 is 0 Å². The largest absolute Gasteiger partial charge is 0.352 e. The summed E-state index contributed by atoms with van der Waals surface area (Å²) in [5.41, 5.74) is 0. The molecule has 2 saturated carbocycles. The zero-order valence-corrected chi connectivity index (χ0v) is 12.2. The second-order valence-electron chi connectivity index (χ2n) is 4.79. The van der Waals surface area contributed by atoms with Gasteiger partial charge in [0.1, 0.15) is 5.82 Å². The SMILES string of the molecule is Brc1cnc(N(CC2CC2)C2CC2)c(Br)c1. The zero-order valence-electron chi connectivity index (χ0n) is 9.00. The Labute approximate surface area is 113 Å². The van der Waals surface area contributed by atoms with Crippen LogP contribution in [0.25, 0.3) is 0 Å². The third kappa shape index (κ3) is 2.43. The van der Waals surface area contributed by atoms with Gasteiger partial charge in [-0.15, -0.1) is 0 Å². The Morgan fingerprint density at radius 3 is 2.56 bits per heavy atom. The van der Waals surface area contributed by atoms with E-state index >= 15 is 0 Å². The normalized spacial score (nSPS) is 19.9. The lowest BCUT2D eigenvalue weighted by atomic mass is 10.3. The van der Waals surface area contributed by atoms with Gasteiger partial charge in [0.25, 0.3) is 0 Å². The van der Waals surface area contributed by atoms with Crippen LogP contribution in [0.15, 0.2) is 21.2 Å². The van der Waals surface area contributed by atoms with E-state index in [1.165, 1.54) is 32.2 Å². The summed E-state index contributed by atoms with van der Waals surface area (Å²) in [6.45, 7) is 1.19. The number of pyridine rings is 1. The predicted molar refractivity (Wildman–Crippen MR) is 72.7 cm³/mol. The molecule has 0 aromatic carbocycles. The number of hydrogen-bond acceptors (Lipinski definition) is 2. The van der Waals surface area contributed by atoms with Crippen LogP contribution in [0.3, 0.4) is 0 Å². The van der Waals surface area contributed by atoms with Gasteiger partial charge in [0, 0.05) is 23.3 Å². The van der Waals surface area contributed by atoms with Crippen molar-refractivity contribution in [1.82, 2.24) is 4.98 Å². The fourth-order valence-corrected chi connectivity index (χ4v) is 3.21. The number of aromatic nitrogens is 1. The molecule has 0 saturated heterocycles. The summed E-state index contributed by atoms with van der Waals surface area (Å²) in [6, 6.07) is 2.83. The predicted octanol–water partition coefficient (Wildman–Crippen LogP) is 3.99. The number of rotatable bonds is 4. The Kier molecular flexibility index (Phi) is 2.96. The average Bonchev–Trinajstić information content (AvgIpc) is 3.11. The van der Waals surface area contributed by atoms with Crippen LogP contribution in [0.1, 0.15) is 25.7 Å². The van der Waals surface area contributed by atoms with E-state index in [2.05, 4.69) is 47.8 Å². The van der Waals surface area contributed by atoms with Gasteiger partial charge in [0.15, 0.2) is 0 Å². The van der Waals surface area contributed by atoms with E-state index in [9.17, 15) is 0 Å². The summed E-state index contributed by atoms with van der Waals surface area (Å²) in [5, 5.41) is 0. The van der Waals surface area contributed by atoms with Gasteiger partial charge in [-0.05, 0) is 69.5 Å². The zero-order chi connectivity index (χ0) is 11.1. The van der Waals surface area contributed by atoms with Crippen LogP contribution < -0.4 is 4.90 Å². The van der Waals surface area contributed by atoms with Crippen molar-refractivity contribution >= 4 is 37.7 Å². The smallest absolute Gasteiger partial charge is 0.143 e. The average molecular weight is 346 g/mol. The minimum absolute atomic E-state index is 0.741. The first kappa shape index (κ1) is 11.0. The molecule has 0 unspecified atom stereocenters. The summed E-state index contributed by atoms with van der Waals surface area (Å²) in [5.74, 6) is 2.04. The highest BCUT2D eigenvalue weighted by Crippen LogP contribution is 2.39. The van der Waals surface area contributed by atoms with Crippen LogP contribution in [0.2, 0.25) is 0 Å². The van der Waals surface area contributed by atoms with Gasteiger partial charge in [0.2, 0.25) is 0 Å². The van der Waals surface area contributed by atoms with Gasteiger partial charge in [-0.3, -0.25) is 0 Å². The molecule has 0 amide bonds. The van der Waals surface area contributed by atoms with E-state index < -0.39 is 0 Å². The van der Waals surface area contributed by atoms with E-state index in [0.29, 0.717) is 0 Å². The molecule has 4 heteroatoms. The van der Waals surface area contributed by atoms with Crippen LogP contribution >= 0.6 is 31.9 Å². The van der Waals surface area contributed by atoms with Crippen molar-refractivity contribution in [3.63, 3.8) is 0 Å². The van der Waals surface area contributed by atoms with Gasteiger partial charge in [0.05, 0.1) is 4.47 Å². The molecule has 0 spiro atoms. The first-order chi connectivity index (χ1) is 7.74. The van der Waals surface area contributed by atoms with Crippen molar-refractivity contribution in [3.05, 3.63) is 21.2 Å². The van der Waals surface area contributed by atoms with Crippen molar-refractivity contribution in [2.45, 2.75) is 31.7 Å². The van der Waals surface area contributed by atoms with Crippen LogP contribution in [-0.2, 0) is 0 Å². The second kappa shape index (κ2) is 4.30. The van der Waals surface area contributed by atoms with Gasteiger partial charge in [-0.2, -0.15) is 0 Å². The summed E-state index contributed by atoms with van der Waals surface area (Å²) >= 11 is 7.07. The summed E-state index contributed by atoms with van der Waals surface area (Å²) in [4.78, 5) is 7.05. The van der Waals surface area contributed by atoms with Crippen LogP contribution in [0, 0.1) is 5.92 Å². The molecule has 2 aliphatic carbocycles. The second-order valence-corrected chi connectivity index (χ2v) is 6.56. The van der Waals surface area contributed by atoms with Crippen molar-refractivity contribution in [3.8, 4) is 0 Å². The van der Waals surface area contributed by atoms with Gasteiger partial charge >= 0.3 is 0 Å². The molecule has 3 rings (SSSR count). The van der Waals surface area contributed by atoms with E-state index in [4.69, 9.17) is 0 Å². The maximum atomic E-state index is 4.55. The summed E-state index contributed by atoms with van der Waals surface area (Å²) in [6.07, 6.45) is 7.35. The summed E-state index contributed by atoms with van der Waals surface area (Å²) in [7, 11) is 0. The molecule has 16 heavy (non-hydrogen) atoms. The van der Waals surface area contributed by atoms with E-state index in [1.54, 1.807) is 0 Å². The van der Waals surface area contributed by atoms with Crippen molar-refractivity contribution in [1.29, 1.82) is 0 Å². The molecule has 1 aromatic heterocycles. The van der Waals surface area contributed by atoms with Crippen LogP contribution in [-0.4, -0.2) is 17.6 Å². The molecule has 0 aliphatic heterocycles. The molecule has 0 bridgehead atoms. The fraction of sp³-hybridized carbons (Fsp3) is 0.583. The van der Waals surface area contributed by atoms with Gasteiger partial charge in [-0.1, -0.05) is 0 Å². The monoisotopic (exact) mass is 344 g/mol. The molecule has 1 heterocycles. The molecule has 86 valence electrons. The highest BCUT2D eigenvalue weighted by atomic mass is 79.9. The Morgan fingerprint density at radius 2 is 2.00 bits per heavy atom. The molecule has 2 aliphatic rings. The standard InChI is InChI=1S/C12H14Br2N2/c13-9-5-11(14)12(15-6-9)16(10-3-4-10)7-8-1-2-8/h5-6,8,10H,1-4,7H2. The first-order valence-electron chi connectivity index (χ1n) is 5.82. The first-order valence-corrected chi connectivity index (χ1v) is 7.40. The van der Waals surface area contributed by atoms with Crippen LogP contribution in [0.4, 0.5) is 5.82 Å².